The number of piperidine rings is 1. The Kier molecular flexibility index (Phi) is 6.98. The van der Waals surface area contributed by atoms with Gasteiger partial charge in [-0.05, 0) is 51.4 Å². The van der Waals surface area contributed by atoms with Crippen LogP contribution in [-0.4, -0.2) is 62.7 Å². The van der Waals surface area contributed by atoms with Crippen molar-refractivity contribution in [1.29, 1.82) is 0 Å². The molecule has 0 aliphatic carbocycles. The molecule has 2 fully saturated rings. The van der Waals surface area contributed by atoms with Crippen LogP contribution in [0, 0.1) is 0 Å². The van der Waals surface area contributed by atoms with Gasteiger partial charge in [-0.2, -0.15) is 0 Å². The Hall–Kier alpha value is -1.75. The number of hydrogen-bond donors (Lipinski definition) is 2. The molecule has 1 atom stereocenters. The Labute approximate surface area is 152 Å². The molecule has 25 heavy (non-hydrogen) atoms. The van der Waals surface area contributed by atoms with E-state index < -0.39 is 0 Å². The Morgan fingerprint density at radius 3 is 2.68 bits per heavy atom. The number of nitrogens with zero attached hydrogens (tertiary/aromatic N) is 3. The first-order chi connectivity index (χ1) is 12.3. The van der Waals surface area contributed by atoms with Gasteiger partial charge in [-0.3, -0.25) is 4.99 Å². The van der Waals surface area contributed by atoms with E-state index in [9.17, 15) is 0 Å². The first kappa shape index (κ1) is 18.1. The number of likely N-dealkylation sites (tertiary alicyclic amines) is 1. The zero-order valence-electron chi connectivity index (χ0n) is 15.6. The number of benzene rings is 1. The topological polar surface area (TPSA) is 42.9 Å². The number of rotatable bonds is 6. The van der Waals surface area contributed by atoms with Gasteiger partial charge in [0.1, 0.15) is 0 Å². The largest absolute Gasteiger partial charge is 0.369 e. The quantitative estimate of drug-likeness (QED) is 0.614. The summed E-state index contributed by atoms with van der Waals surface area (Å²) in [6.07, 6.45) is 5.24. The fraction of sp³-hybridized carbons (Fsp3) is 0.650. The van der Waals surface area contributed by atoms with Gasteiger partial charge in [0.25, 0.3) is 0 Å². The smallest absolute Gasteiger partial charge is 0.191 e. The summed E-state index contributed by atoms with van der Waals surface area (Å²) in [6, 6.07) is 11.2. The molecule has 1 aromatic rings. The summed E-state index contributed by atoms with van der Waals surface area (Å²) >= 11 is 0. The van der Waals surface area contributed by atoms with Crippen LogP contribution in [0.2, 0.25) is 0 Å². The highest BCUT2D eigenvalue weighted by molar-refractivity contribution is 5.80. The van der Waals surface area contributed by atoms with Gasteiger partial charge in [0.05, 0.1) is 6.54 Å². The van der Waals surface area contributed by atoms with E-state index in [0.29, 0.717) is 6.04 Å². The lowest BCUT2D eigenvalue weighted by Gasteiger charge is -2.25. The third-order valence-electron chi connectivity index (χ3n) is 5.13. The van der Waals surface area contributed by atoms with E-state index in [0.717, 1.165) is 45.1 Å². The molecule has 3 rings (SSSR count). The van der Waals surface area contributed by atoms with Crippen LogP contribution in [0.1, 0.15) is 32.6 Å². The predicted molar refractivity (Wildman–Crippen MR) is 106 cm³/mol. The van der Waals surface area contributed by atoms with Crippen molar-refractivity contribution in [3.63, 3.8) is 0 Å². The molecule has 2 heterocycles. The van der Waals surface area contributed by atoms with Crippen LogP contribution in [0.4, 0.5) is 5.69 Å². The predicted octanol–water partition coefficient (Wildman–Crippen LogP) is 2.31. The molecule has 0 spiro atoms. The summed E-state index contributed by atoms with van der Waals surface area (Å²) in [5, 5.41) is 7.04. The maximum atomic E-state index is 4.80. The van der Waals surface area contributed by atoms with Crippen LogP contribution < -0.4 is 15.5 Å². The minimum Gasteiger partial charge on any atom is -0.369 e. The van der Waals surface area contributed by atoms with Crippen molar-refractivity contribution >= 4 is 11.6 Å². The fourth-order valence-electron chi connectivity index (χ4n) is 3.75. The van der Waals surface area contributed by atoms with Crippen molar-refractivity contribution in [3.05, 3.63) is 30.3 Å². The van der Waals surface area contributed by atoms with E-state index in [1.54, 1.807) is 0 Å². The van der Waals surface area contributed by atoms with Gasteiger partial charge in [0, 0.05) is 37.9 Å². The molecule has 0 aromatic heterocycles. The minimum atomic E-state index is 0.466. The van der Waals surface area contributed by atoms with Crippen LogP contribution in [0.5, 0.6) is 0 Å². The maximum Gasteiger partial charge on any atom is 0.191 e. The summed E-state index contributed by atoms with van der Waals surface area (Å²) < 4.78 is 0. The van der Waals surface area contributed by atoms with E-state index >= 15 is 0 Å². The van der Waals surface area contributed by atoms with Gasteiger partial charge in [0.2, 0.25) is 0 Å². The highest BCUT2D eigenvalue weighted by Crippen LogP contribution is 2.19. The van der Waals surface area contributed by atoms with Crippen molar-refractivity contribution in [3.8, 4) is 0 Å². The minimum absolute atomic E-state index is 0.466. The Morgan fingerprint density at radius 2 is 1.92 bits per heavy atom. The molecular weight excluding hydrogens is 310 g/mol. The standard InChI is InChI=1S/C20H33N5/c1-2-21-20(22-12-16-24-13-7-4-8-14-24)23-18-11-15-25(17-18)19-9-5-3-6-10-19/h3,5-6,9-10,18H,2,4,7-8,11-17H2,1H3,(H2,21,22,23). The maximum absolute atomic E-state index is 4.80. The Morgan fingerprint density at radius 1 is 1.12 bits per heavy atom. The third kappa shape index (κ3) is 5.63. The van der Waals surface area contributed by atoms with Gasteiger partial charge in [-0.25, -0.2) is 0 Å². The molecule has 0 radical (unpaired) electrons. The SMILES string of the molecule is CCNC(=NCCN1CCCCC1)NC1CCN(c2ccccc2)C1. The molecule has 2 aliphatic heterocycles. The Balaban J connectivity index is 1.47. The third-order valence-corrected chi connectivity index (χ3v) is 5.13. The van der Waals surface area contributed by atoms with Gasteiger partial charge in [-0.15, -0.1) is 0 Å². The first-order valence-electron chi connectivity index (χ1n) is 9.92. The van der Waals surface area contributed by atoms with E-state index in [2.05, 4.69) is 57.7 Å². The first-order valence-corrected chi connectivity index (χ1v) is 9.92. The summed E-state index contributed by atoms with van der Waals surface area (Å²) in [7, 11) is 0. The second-order valence-corrected chi connectivity index (χ2v) is 7.07. The zero-order valence-corrected chi connectivity index (χ0v) is 15.6. The van der Waals surface area contributed by atoms with Crippen molar-refractivity contribution < 1.29 is 0 Å². The van der Waals surface area contributed by atoms with Crippen molar-refractivity contribution in [2.24, 2.45) is 4.99 Å². The monoisotopic (exact) mass is 343 g/mol. The van der Waals surface area contributed by atoms with E-state index in [1.165, 1.54) is 38.0 Å². The van der Waals surface area contributed by atoms with Crippen molar-refractivity contribution in [2.45, 2.75) is 38.6 Å². The molecule has 5 nitrogen and oxygen atoms in total. The second kappa shape index (κ2) is 9.66. The molecule has 2 aliphatic rings. The van der Waals surface area contributed by atoms with Crippen molar-refractivity contribution in [1.82, 2.24) is 15.5 Å². The summed E-state index contributed by atoms with van der Waals surface area (Å²) in [5.41, 5.74) is 1.32. The van der Waals surface area contributed by atoms with Crippen LogP contribution in [0.25, 0.3) is 0 Å². The fourth-order valence-corrected chi connectivity index (χ4v) is 3.75. The highest BCUT2D eigenvalue weighted by atomic mass is 15.2. The number of guanidine groups is 1. The number of aliphatic imine (C=N–C) groups is 1. The van der Waals surface area contributed by atoms with Crippen LogP contribution in [0.3, 0.4) is 0 Å². The molecular formula is C20H33N5. The molecule has 2 N–H and O–H groups in total. The van der Waals surface area contributed by atoms with Crippen LogP contribution >= 0.6 is 0 Å². The van der Waals surface area contributed by atoms with Crippen molar-refractivity contribution in [2.75, 3.05) is 50.7 Å². The molecule has 0 bridgehead atoms. The number of hydrogen-bond acceptors (Lipinski definition) is 3. The van der Waals surface area contributed by atoms with Gasteiger partial charge >= 0.3 is 0 Å². The second-order valence-electron chi connectivity index (χ2n) is 7.07. The zero-order chi connectivity index (χ0) is 17.3. The lowest BCUT2D eigenvalue weighted by molar-refractivity contribution is 0.235. The average Bonchev–Trinajstić information content (AvgIpc) is 3.12. The summed E-state index contributed by atoms with van der Waals surface area (Å²) in [6.45, 7) is 9.64. The van der Waals surface area contributed by atoms with Gasteiger partial charge < -0.3 is 20.4 Å². The average molecular weight is 344 g/mol. The molecule has 0 saturated carbocycles. The summed E-state index contributed by atoms with van der Waals surface area (Å²) in [5.74, 6) is 0.972. The van der Waals surface area contributed by atoms with E-state index in [1.807, 2.05) is 0 Å². The van der Waals surface area contributed by atoms with Gasteiger partial charge in [0.15, 0.2) is 5.96 Å². The molecule has 1 unspecified atom stereocenters. The molecule has 2 saturated heterocycles. The molecule has 138 valence electrons. The summed E-state index contributed by atoms with van der Waals surface area (Å²) in [4.78, 5) is 9.80. The number of nitrogens with one attached hydrogen (secondary N) is 2. The Bertz CT molecular complexity index is 524. The lowest BCUT2D eigenvalue weighted by atomic mass is 10.1. The number of anilines is 1. The van der Waals surface area contributed by atoms with Crippen LogP contribution in [-0.2, 0) is 0 Å². The molecule has 5 heteroatoms. The normalized spacial score (nSPS) is 22.2. The van der Waals surface area contributed by atoms with Crippen LogP contribution in [0.15, 0.2) is 35.3 Å². The highest BCUT2D eigenvalue weighted by Gasteiger charge is 2.23. The molecule has 0 amide bonds. The number of para-hydroxylation sites is 1. The van der Waals surface area contributed by atoms with E-state index in [-0.39, 0.29) is 0 Å². The van der Waals surface area contributed by atoms with E-state index in [4.69, 9.17) is 4.99 Å². The molecule has 1 aromatic carbocycles. The lowest BCUT2D eigenvalue weighted by Crippen LogP contribution is -2.45. The van der Waals surface area contributed by atoms with Gasteiger partial charge in [-0.1, -0.05) is 24.6 Å².